The zero-order valence-electron chi connectivity index (χ0n) is 11.1. The Labute approximate surface area is 118 Å². The van der Waals surface area contributed by atoms with Crippen molar-refractivity contribution >= 4 is 17.2 Å². The van der Waals surface area contributed by atoms with Gasteiger partial charge in [0.25, 0.3) is 0 Å². The molecular formula is C17H16N2O. The number of fused-ring (bicyclic) bond motifs is 1. The average Bonchev–Trinajstić information content (AvgIpc) is 3.16. The van der Waals surface area contributed by atoms with E-state index >= 15 is 0 Å². The summed E-state index contributed by atoms with van der Waals surface area (Å²) in [6.45, 7) is 0. The normalized spacial score (nSPS) is 27.3. The number of rotatable bonds is 3. The van der Waals surface area contributed by atoms with E-state index < -0.39 is 0 Å². The number of nitrogens with one attached hydrogen (secondary N) is 1. The zero-order valence-corrected chi connectivity index (χ0v) is 11.1. The van der Waals surface area contributed by atoms with Crippen LogP contribution in [0.25, 0.3) is 0 Å². The lowest BCUT2D eigenvalue weighted by atomic mass is 10.2. The molecule has 1 aliphatic heterocycles. The van der Waals surface area contributed by atoms with Crippen molar-refractivity contribution in [2.75, 3.05) is 10.2 Å². The van der Waals surface area contributed by atoms with Crippen LogP contribution in [0.5, 0.6) is 0 Å². The van der Waals surface area contributed by atoms with E-state index in [-0.39, 0.29) is 12.1 Å². The Balaban J connectivity index is 1.55. The van der Waals surface area contributed by atoms with Crippen molar-refractivity contribution in [3.8, 4) is 0 Å². The van der Waals surface area contributed by atoms with Crippen LogP contribution < -0.4 is 10.2 Å². The molecule has 3 atom stereocenters. The molecule has 1 aliphatic carbocycles. The summed E-state index contributed by atoms with van der Waals surface area (Å²) >= 11 is 0. The minimum Gasteiger partial charge on any atom is -0.380 e. The highest BCUT2D eigenvalue weighted by atomic mass is 16.1. The smallest absolute Gasteiger partial charge is 0.159 e. The Morgan fingerprint density at radius 1 is 0.950 bits per heavy atom. The number of carbonyl (C=O) groups excluding carboxylic acids is 1. The van der Waals surface area contributed by atoms with E-state index in [1.54, 1.807) is 0 Å². The number of hydrogen-bond acceptors (Lipinski definition) is 3. The van der Waals surface area contributed by atoms with Crippen molar-refractivity contribution in [1.82, 2.24) is 0 Å². The van der Waals surface area contributed by atoms with Gasteiger partial charge in [0.1, 0.15) is 6.04 Å². The summed E-state index contributed by atoms with van der Waals surface area (Å²) < 4.78 is 0. The number of anilines is 2. The van der Waals surface area contributed by atoms with E-state index in [0.29, 0.717) is 18.2 Å². The molecule has 1 N–H and O–H groups in total. The summed E-state index contributed by atoms with van der Waals surface area (Å²) in [6, 6.07) is 20.9. The van der Waals surface area contributed by atoms with Crippen molar-refractivity contribution in [3.63, 3.8) is 0 Å². The lowest BCUT2D eigenvalue weighted by Crippen LogP contribution is -2.28. The van der Waals surface area contributed by atoms with Crippen LogP contribution in [0.4, 0.5) is 11.4 Å². The van der Waals surface area contributed by atoms with Crippen LogP contribution >= 0.6 is 0 Å². The lowest BCUT2D eigenvalue weighted by molar-refractivity contribution is -0.117. The number of ketones is 1. The first-order chi connectivity index (χ1) is 9.84. The third-order valence-electron chi connectivity index (χ3n) is 4.20. The fraction of sp³-hybridized carbons (Fsp3) is 0.235. The van der Waals surface area contributed by atoms with Crippen LogP contribution in [0.15, 0.2) is 60.7 Å². The number of nitrogens with zero attached hydrogens (tertiary/aromatic N) is 1. The number of Topliss-reactive ketones (excluding diaryl/α,β-unsaturated/α-hetero) is 1. The Hall–Kier alpha value is -2.29. The molecule has 3 nitrogen and oxygen atoms in total. The Kier molecular flexibility index (Phi) is 2.52. The Morgan fingerprint density at radius 3 is 2.30 bits per heavy atom. The SMILES string of the molecule is O=C1C[C@H](Nc2ccccc2)[C@H]2[C@H]1N2c1ccccc1. The van der Waals surface area contributed by atoms with Gasteiger partial charge in [0.15, 0.2) is 5.78 Å². The molecule has 1 saturated heterocycles. The minimum atomic E-state index is 0.0820. The van der Waals surface area contributed by atoms with Crippen LogP contribution in [-0.2, 0) is 4.79 Å². The number of piperidine rings is 1. The molecule has 20 heavy (non-hydrogen) atoms. The van der Waals surface area contributed by atoms with E-state index in [2.05, 4.69) is 22.3 Å². The molecule has 4 rings (SSSR count). The number of hydrogen-bond donors (Lipinski definition) is 1. The van der Waals surface area contributed by atoms with Gasteiger partial charge in [-0.25, -0.2) is 0 Å². The molecule has 0 aromatic heterocycles. The molecule has 3 heteroatoms. The van der Waals surface area contributed by atoms with E-state index in [0.717, 1.165) is 11.4 Å². The number of carbonyl (C=O) groups is 1. The zero-order chi connectivity index (χ0) is 13.5. The molecule has 2 aliphatic rings. The standard InChI is InChI=1S/C17H16N2O/c20-15-11-14(18-12-7-3-1-4-8-12)16-17(15)19(16)13-9-5-2-6-10-13/h1-10,14,16-18H,11H2/t14-,16-,17-,19?/m0/s1. The van der Waals surface area contributed by atoms with Gasteiger partial charge in [0.05, 0.1) is 12.1 Å². The predicted molar refractivity (Wildman–Crippen MR) is 80.0 cm³/mol. The number of para-hydroxylation sites is 2. The monoisotopic (exact) mass is 264 g/mol. The molecule has 0 amide bonds. The second-order valence-corrected chi connectivity index (χ2v) is 5.47. The first-order valence-electron chi connectivity index (χ1n) is 7.02. The largest absolute Gasteiger partial charge is 0.380 e. The van der Waals surface area contributed by atoms with Crippen molar-refractivity contribution in [3.05, 3.63) is 60.7 Å². The van der Waals surface area contributed by atoms with Gasteiger partial charge in [-0.3, -0.25) is 4.79 Å². The molecule has 0 spiro atoms. The summed E-state index contributed by atoms with van der Waals surface area (Å²) in [5.74, 6) is 0.354. The molecule has 1 heterocycles. The van der Waals surface area contributed by atoms with Gasteiger partial charge in [-0.15, -0.1) is 0 Å². The van der Waals surface area contributed by atoms with Gasteiger partial charge in [-0.05, 0) is 24.3 Å². The predicted octanol–water partition coefficient (Wildman–Crippen LogP) is 2.70. The van der Waals surface area contributed by atoms with Gasteiger partial charge < -0.3 is 10.2 Å². The molecular weight excluding hydrogens is 248 g/mol. The second kappa shape index (κ2) is 4.37. The second-order valence-electron chi connectivity index (χ2n) is 5.47. The molecule has 0 unspecified atom stereocenters. The maximum Gasteiger partial charge on any atom is 0.159 e. The number of benzene rings is 2. The summed E-state index contributed by atoms with van der Waals surface area (Å²) in [4.78, 5) is 14.3. The topological polar surface area (TPSA) is 32.1 Å². The Morgan fingerprint density at radius 2 is 1.60 bits per heavy atom. The van der Waals surface area contributed by atoms with Crippen molar-refractivity contribution in [2.24, 2.45) is 0 Å². The van der Waals surface area contributed by atoms with E-state index in [1.165, 1.54) is 0 Å². The third-order valence-corrected chi connectivity index (χ3v) is 4.20. The van der Waals surface area contributed by atoms with Crippen molar-refractivity contribution in [1.29, 1.82) is 0 Å². The highest BCUT2D eigenvalue weighted by molar-refractivity contribution is 5.99. The molecule has 0 radical (unpaired) electrons. The van der Waals surface area contributed by atoms with Crippen molar-refractivity contribution < 1.29 is 4.79 Å². The Bertz CT molecular complexity index is 626. The highest BCUT2D eigenvalue weighted by Crippen LogP contribution is 2.44. The van der Waals surface area contributed by atoms with Gasteiger partial charge >= 0.3 is 0 Å². The lowest BCUT2D eigenvalue weighted by Gasteiger charge is -2.18. The van der Waals surface area contributed by atoms with E-state index in [9.17, 15) is 4.79 Å². The quantitative estimate of drug-likeness (QED) is 0.865. The van der Waals surface area contributed by atoms with Gasteiger partial charge in [0, 0.05) is 17.8 Å². The summed E-state index contributed by atoms with van der Waals surface area (Å²) in [5.41, 5.74) is 2.24. The maximum atomic E-state index is 12.1. The molecule has 2 aromatic rings. The highest BCUT2D eigenvalue weighted by Gasteiger charge is 2.61. The minimum absolute atomic E-state index is 0.0820. The molecule has 1 saturated carbocycles. The van der Waals surface area contributed by atoms with E-state index in [1.807, 2.05) is 48.5 Å². The van der Waals surface area contributed by atoms with E-state index in [4.69, 9.17) is 0 Å². The molecule has 2 aromatic carbocycles. The van der Waals surface area contributed by atoms with Crippen LogP contribution in [0.3, 0.4) is 0 Å². The fourth-order valence-corrected chi connectivity index (χ4v) is 3.28. The maximum absolute atomic E-state index is 12.1. The summed E-state index contributed by atoms with van der Waals surface area (Å²) in [7, 11) is 0. The molecule has 2 fully saturated rings. The van der Waals surface area contributed by atoms with Crippen LogP contribution in [-0.4, -0.2) is 23.9 Å². The van der Waals surface area contributed by atoms with Crippen molar-refractivity contribution in [2.45, 2.75) is 24.5 Å². The summed E-state index contributed by atoms with van der Waals surface area (Å²) in [6.07, 6.45) is 0.633. The third kappa shape index (κ3) is 1.78. The first kappa shape index (κ1) is 11.5. The van der Waals surface area contributed by atoms with Gasteiger partial charge in [0.2, 0.25) is 0 Å². The summed E-state index contributed by atoms with van der Waals surface area (Å²) in [5, 5.41) is 3.50. The fourth-order valence-electron chi connectivity index (χ4n) is 3.28. The van der Waals surface area contributed by atoms with Gasteiger partial charge in [-0.2, -0.15) is 0 Å². The van der Waals surface area contributed by atoms with Gasteiger partial charge in [-0.1, -0.05) is 36.4 Å². The molecule has 100 valence electrons. The first-order valence-corrected chi connectivity index (χ1v) is 7.02. The average molecular weight is 264 g/mol. The van der Waals surface area contributed by atoms with Crippen LogP contribution in [0.1, 0.15) is 6.42 Å². The van der Waals surface area contributed by atoms with Crippen LogP contribution in [0, 0.1) is 0 Å². The van der Waals surface area contributed by atoms with Crippen LogP contribution in [0.2, 0.25) is 0 Å². The molecule has 0 bridgehead atoms.